The van der Waals surface area contributed by atoms with E-state index in [4.69, 9.17) is 21.1 Å². The predicted octanol–water partition coefficient (Wildman–Crippen LogP) is 3.90. The van der Waals surface area contributed by atoms with Gasteiger partial charge in [0.15, 0.2) is 0 Å². The van der Waals surface area contributed by atoms with E-state index in [0.717, 1.165) is 37.6 Å². The highest BCUT2D eigenvalue weighted by Gasteiger charge is 2.26. The van der Waals surface area contributed by atoms with Crippen molar-refractivity contribution in [2.75, 3.05) is 50.1 Å². The van der Waals surface area contributed by atoms with Gasteiger partial charge in [-0.25, -0.2) is 0 Å². The fraction of sp³-hybridized carbons (Fsp3) is 0.409. The first-order valence-corrected chi connectivity index (χ1v) is 10.3. The highest BCUT2D eigenvalue weighted by atomic mass is 35.5. The van der Waals surface area contributed by atoms with Crippen LogP contribution in [0.1, 0.15) is 13.8 Å². The van der Waals surface area contributed by atoms with E-state index < -0.39 is 0 Å². The monoisotopic (exact) mass is 417 g/mol. The van der Waals surface area contributed by atoms with Crippen molar-refractivity contribution in [1.29, 1.82) is 0 Å². The Balaban J connectivity index is 1.57. The first kappa shape index (κ1) is 21.3. The largest absolute Gasteiger partial charge is 0.495 e. The molecule has 0 radical (unpaired) electrons. The highest BCUT2D eigenvalue weighted by Crippen LogP contribution is 2.29. The molecule has 2 aromatic carbocycles. The third-order valence-corrected chi connectivity index (χ3v) is 5.46. The number of nitrogens with one attached hydrogen (secondary N) is 1. The van der Waals surface area contributed by atoms with Crippen LogP contribution in [0.2, 0.25) is 5.02 Å². The highest BCUT2D eigenvalue weighted by molar-refractivity contribution is 6.32. The van der Waals surface area contributed by atoms with E-state index in [0.29, 0.717) is 23.1 Å². The summed E-state index contributed by atoms with van der Waals surface area (Å²) >= 11 is 6.15. The lowest BCUT2D eigenvalue weighted by atomic mass is 10.2. The topological polar surface area (TPSA) is 54.0 Å². The van der Waals surface area contributed by atoms with Gasteiger partial charge in [0.25, 0.3) is 0 Å². The molecule has 0 unspecified atom stereocenters. The first-order chi connectivity index (χ1) is 14.0. The average molecular weight is 418 g/mol. The Morgan fingerprint density at radius 1 is 1.14 bits per heavy atom. The Morgan fingerprint density at radius 3 is 2.52 bits per heavy atom. The third-order valence-electron chi connectivity index (χ3n) is 5.17. The molecule has 0 aliphatic carbocycles. The third kappa shape index (κ3) is 5.14. The molecule has 1 aliphatic rings. The van der Waals surface area contributed by atoms with Gasteiger partial charge in [0.05, 0.1) is 30.5 Å². The number of hydrogen-bond donors (Lipinski definition) is 1. The number of amides is 1. The summed E-state index contributed by atoms with van der Waals surface area (Å²) < 4.78 is 10.9. The van der Waals surface area contributed by atoms with Crippen molar-refractivity contribution in [1.82, 2.24) is 4.90 Å². The van der Waals surface area contributed by atoms with Crippen LogP contribution in [0.15, 0.2) is 42.5 Å². The Kier molecular flexibility index (Phi) is 7.23. The zero-order valence-corrected chi connectivity index (χ0v) is 17.9. The van der Waals surface area contributed by atoms with Crippen LogP contribution in [0.4, 0.5) is 11.4 Å². The van der Waals surface area contributed by atoms with Crippen LogP contribution in [0, 0.1) is 0 Å². The van der Waals surface area contributed by atoms with Crippen LogP contribution in [0.3, 0.4) is 0 Å². The zero-order valence-electron chi connectivity index (χ0n) is 17.2. The van der Waals surface area contributed by atoms with Gasteiger partial charge in [0, 0.05) is 31.9 Å². The second-order valence-corrected chi connectivity index (χ2v) is 7.35. The minimum Gasteiger partial charge on any atom is -0.495 e. The Bertz CT molecular complexity index is 838. The van der Waals surface area contributed by atoms with Crippen molar-refractivity contribution in [2.45, 2.75) is 19.9 Å². The molecule has 1 saturated heterocycles. The molecule has 1 aliphatic heterocycles. The van der Waals surface area contributed by atoms with Crippen LogP contribution in [0.5, 0.6) is 11.5 Å². The molecular weight excluding hydrogens is 390 g/mol. The summed E-state index contributed by atoms with van der Waals surface area (Å²) in [5, 5.41) is 3.42. The van der Waals surface area contributed by atoms with Crippen LogP contribution < -0.4 is 19.7 Å². The normalized spacial score (nSPS) is 15.7. The van der Waals surface area contributed by atoms with E-state index in [9.17, 15) is 4.79 Å². The van der Waals surface area contributed by atoms with Gasteiger partial charge in [-0.3, -0.25) is 9.69 Å². The van der Waals surface area contributed by atoms with Crippen LogP contribution in [-0.2, 0) is 4.79 Å². The van der Waals surface area contributed by atoms with Crippen molar-refractivity contribution in [3.63, 3.8) is 0 Å². The molecule has 7 heteroatoms. The SMILES string of the molecule is CCOc1ccccc1N1CCN([C@@H](C)C(=O)Nc2ccc(OC)c(Cl)c2)CC1. The number of piperazine rings is 1. The molecule has 3 rings (SSSR count). The van der Waals surface area contributed by atoms with Gasteiger partial charge < -0.3 is 19.7 Å². The molecule has 156 valence electrons. The van der Waals surface area contributed by atoms with Gasteiger partial charge in [-0.1, -0.05) is 23.7 Å². The molecule has 29 heavy (non-hydrogen) atoms. The second kappa shape index (κ2) is 9.85. The van der Waals surface area contributed by atoms with E-state index in [2.05, 4.69) is 21.2 Å². The lowest BCUT2D eigenvalue weighted by Gasteiger charge is -2.39. The Morgan fingerprint density at radius 2 is 1.86 bits per heavy atom. The first-order valence-electron chi connectivity index (χ1n) is 9.88. The minimum atomic E-state index is -0.236. The average Bonchev–Trinajstić information content (AvgIpc) is 2.74. The zero-order chi connectivity index (χ0) is 20.8. The number of nitrogens with zero attached hydrogens (tertiary/aromatic N) is 2. The van der Waals surface area contributed by atoms with Crippen molar-refractivity contribution in [3.05, 3.63) is 47.5 Å². The van der Waals surface area contributed by atoms with E-state index >= 15 is 0 Å². The molecule has 1 atom stereocenters. The summed E-state index contributed by atoms with van der Waals surface area (Å²) in [7, 11) is 1.56. The number of halogens is 1. The van der Waals surface area contributed by atoms with Crippen molar-refractivity contribution in [3.8, 4) is 11.5 Å². The maximum absolute atomic E-state index is 12.7. The number of ether oxygens (including phenoxy) is 2. The molecule has 1 N–H and O–H groups in total. The quantitative estimate of drug-likeness (QED) is 0.740. The smallest absolute Gasteiger partial charge is 0.241 e. The number of benzene rings is 2. The van der Waals surface area contributed by atoms with Gasteiger partial charge in [0.2, 0.25) is 5.91 Å². The van der Waals surface area contributed by atoms with Gasteiger partial charge in [0.1, 0.15) is 11.5 Å². The van der Waals surface area contributed by atoms with Crippen molar-refractivity contribution in [2.24, 2.45) is 0 Å². The molecule has 1 fully saturated rings. The molecule has 0 saturated carbocycles. The van der Waals surface area contributed by atoms with Gasteiger partial charge in [-0.2, -0.15) is 0 Å². The van der Waals surface area contributed by atoms with Crippen molar-refractivity contribution < 1.29 is 14.3 Å². The lowest BCUT2D eigenvalue weighted by Crippen LogP contribution is -2.52. The summed E-state index contributed by atoms with van der Waals surface area (Å²) in [4.78, 5) is 17.2. The minimum absolute atomic E-state index is 0.0469. The van der Waals surface area contributed by atoms with E-state index in [1.807, 2.05) is 32.0 Å². The molecule has 1 heterocycles. The number of rotatable bonds is 7. The van der Waals surface area contributed by atoms with E-state index in [-0.39, 0.29) is 11.9 Å². The summed E-state index contributed by atoms with van der Waals surface area (Å²) in [5.74, 6) is 1.45. The van der Waals surface area contributed by atoms with Crippen LogP contribution in [0.25, 0.3) is 0 Å². The molecule has 6 nitrogen and oxygen atoms in total. The number of para-hydroxylation sites is 2. The van der Waals surface area contributed by atoms with Gasteiger partial charge in [-0.15, -0.1) is 0 Å². The van der Waals surface area contributed by atoms with Gasteiger partial charge in [-0.05, 0) is 44.2 Å². The summed E-state index contributed by atoms with van der Waals surface area (Å²) in [5.41, 5.74) is 1.77. The molecule has 0 aromatic heterocycles. The summed E-state index contributed by atoms with van der Waals surface area (Å²) in [6.07, 6.45) is 0. The van der Waals surface area contributed by atoms with E-state index in [1.165, 1.54) is 0 Å². The van der Waals surface area contributed by atoms with Crippen LogP contribution >= 0.6 is 11.6 Å². The molecular formula is C22H28ClN3O3. The Hall–Kier alpha value is -2.44. The van der Waals surface area contributed by atoms with Gasteiger partial charge >= 0.3 is 0 Å². The fourth-order valence-electron chi connectivity index (χ4n) is 3.50. The maximum Gasteiger partial charge on any atom is 0.241 e. The number of anilines is 2. The van der Waals surface area contributed by atoms with E-state index in [1.54, 1.807) is 25.3 Å². The molecule has 1 amide bonds. The lowest BCUT2D eigenvalue weighted by molar-refractivity contribution is -0.120. The standard InChI is InChI=1S/C22H28ClN3O3/c1-4-29-21-8-6-5-7-19(21)26-13-11-25(12-14-26)16(2)22(27)24-17-9-10-20(28-3)18(23)15-17/h5-10,15-16H,4,11-14H2,1-3H3,(H,24,27)/t16-/m0/s1. The van der Waals surface area contributed by atoms with Crippen LogP contribution in [-0.4, -0.2) is 56.7 Å². The fourth-order valence-corrected chi connectivity index (χ4v) is 3.76. The van der Waals surface area contributed by atoms with Crippen molar-refractivity contribution >= 4 is 28.9 Å². The number of hydrogen-bond acceptors (Lipinski definition) is 5. The number of methoxy groups -OCH3 is 1. The predicted molar refractivity (Wildman–Crippen MR) is 117 cm³/mol. The molecule has 2 aromatic rings. The molecule has 0 spiro atoms. The number of carbonyl (C=O) groups excluding carboxylic acids is 1. The summed E-state index contributed by atoms with van der Waals surface area (Å²) in [6, 6.07) is 13.1. The Labute approximate surface area is 177 Å². The number of carbonyl (C=O) groups is 1. The molecule has 0 bridgehead atoms. The summed E-state index contributed by atoms with van der Waals surface area (Å²) in [6.45, 7) is 7.86. The second-order valence-electron chi connectivity index (χ2n) is 6.94. The maximum atomic E-state index is 12.7.